The van der Waals surface area contributed by atoms with Gasteiger partial charge >= 0.3 is 0 Å². The molecule has 1 aliphatic rings. The highest BCUT2D eigenvalue weighted by molar-refractivity contribution is 5.61. The zero-order valence-corrected chi connectivity index (χ0v) is 20.3. The van der Waals surface area contributed by atoms with Gasteiger partial charge in [-0.25, -0.2) is 4.39 Å². The topological polar surface area (TPSA) is 36.3 Å². The van der Waals surface area contributed by atoms with Gasteiger partial charge in [-0.1, -0.05) is 42.0 Å². The van der Waals surface area contributed by atoms with Gasteiger partial charge in [0.05, 0.1) is 22.6 Å². The van der Waals surface area contributed by atoms with Gasteiger partial charge in [-0.05, 0) is 51.5 Å². The van der Waals surface area contributed by atoms with Crippen LogP contribution < -0.4 is 10.2 Å². The number of benzene rings is 2. The Hall–Kier alpha value is -2.70. The Balaban J connectivity index is 1.29. The average molecular weight is 450 g/mol. The molecule has 1 aromatic heterocycles. The molecule has 3 aromatic rings. The fourth-order valence-corrected chi connectivity index (χ4v) is 4.33. The maximum absolute atomic E-state index is 14.0. The number of nitrogens with zero attached hydrogens (tertiary/aromatic N) is 4. The summed E-state index contributed by atoms with van der Waals surface area (Å²) in [6.07, 6.45) is 0. The number of piperazine rings is 1. The number of para-hydroxylation sites is 1. The van der Waals surface area contributed by atoms with Crippen LogP contribution in [0.2, 0.25) is 0 Å². The van der Waals surface area contributed by atoms with Crippen molar-refractivity contribution in [1.82, 2.24) is 20.0 Å². The Kier molecular flexibility index (Phi) is 7.15. The van der Waals surface area contributed by atoms with Gasteiger partial charge in [0.2, 0.25) is 0 Å². The highest BCUT2D eigenvalue weighted by atomic mass is 19.1. The summed E-state index contributed by atoms with van der Waals surface area (Å²) in [4.78, 5) is 4.58. The van der Waals surface area contributed by atoms with E-state index >= 15 is 0 Å². The van der Waals surface area contributed by atoms with Crippen molar-refractivity contribution in [2.75, 3.05) is 44.2 Å². The Morgan fingerprint density at radius 2 is 1.67 bits per heavy atom. The van der Waals surface area contributed by atoms with Crippen LogP contribution in [-0.4, -0.2) is 53.9 Å². The van der Waals surface area contributed by atoms with Gasteiger partial charge in [-0.2, -0.15) is 5.10 Å². The van der Waals surface area contributed by atoms with Crippen molar-refractivity contribution in [2.24, 2.45) is 0 Å². The number of anilines is 1. The van der Waals surface area contributed by atoms with Crippen LogP contribution in [0.4, 0.5) is 10.1 Å². The lowest BCUT2D eigenvalue weighted by Gasteiger charge is -2.36. The van der Waals surface area contributed by atoms with E-state index in [0.29, 0.717) is 5.69 Å². The molecule has 176 valence electrons. The highest BCUT2D eigenvalue weighted by Crippen LogP contribution is 2.27. The van der Waals surface area contributed by atoms with Crippen LogP contribution >= 0.6 is 0 Å². The molecule has 1 N–H and O–H groups in total. The van der Waals surface area contributed by atoms with E-state index in [-0.39, 0.29) is 11.4 Å². The lowest BCUT2D eigenvalue weighted by molar-refractivity contribution is 0.256. The van der Waals surface area contributed by atoms with E-state index in [2.05, 4.69) is 77.8 Å². The largest absolute Gasteiger partial charge is 0.367 e. The molecule has 0 aliphatic carbocycles. The molecule has 1 aliphatic heterocycles. The number of rotatable bonds is 7. The molecule has 1 saturated heterocycles. The fourth-order valence-electron chi connectivity index (χ4n) is 4.33. The van der Waals surface area contributed by atoms with Crippen LogP contribution in [-0.2, 0) is 12.1 Å². The second-order valence-electron chi connectivity index (χ2n) is 9.93. The molecule has 1 fully saturated rings. The third-order valence-electron chi connectivity index (χ3n) is 6.22. The average Bonchev–Trinajstić information content (AvgIpc) is 3.23. The van der Waals surface area contributed by atoms with E-state index in [1.54, 1.807) is 6.07 Å². The van der Waals surface area contributed by atoms with Gasteiger partial charge < -0.3 is 10.2 Å². The molecule has 4 rings (SSSR count). The number of aryl methyl sites for hydroxylation is 1. The molecule has 2 heterocycles. The summed E-state index contributed by atoms with van der Waals surface area (Å²) in [5.41, 5.74) is 5.30. The molecule has 0 radical (unpaired) electrons. The first-order valence-corrected chi connectivity index (χ1v) is 11.9. The van der Waals surface area contributed by atoms with E-state index in [9.17, 15) is 4.39 Å². The fraction of sp³-hybridized carbons (Fsp3) is 0.444. The van der Waals surface area contributed by atoms with E-state index in [1.165, 1.54) is 17.2 Å². The Morgan fingerprint density at radius 1 is 0.970 bits per heavy atom. The molecular formula is C27H36FN5. The molecule has 33 heavy (non-hydrogen) atoms. The van der Waals surface area contributed by atoms with Crippen molar-refractivity contribution >= 4 is 5.69 Å². The minimum absolute atomic E-state index is 0.0869. The number of hydrogen-bond donors (Lipinski definition) is 1. The van der Waals surface area contributed by atoms with Crippen LogP contribution in [0.1, 0.15) is 32.0 Å². The molecular weight excluding hydrogens is 413 g/mol. The van der Waals surface area contributed by atoms with Crippen LogP contribution in [0.15, 0.2) is 54.6 Å². The summed E-state index contributed by atoms with van der Waals surface area (Å²) < 4.78 is 16.2. The molecule has 2 aromatic carbocycles. The predicted octanol–water partition coefficient (Wildman–Crippen LogP) is 4.66. The molecule has 0 spiro atoms. The lowest BCUT2D eigenvalue weighted by Crippen LogP contribution is -2.48. The number of halogens is 1. The SMILES string of the molecule is Cc1ccc(-c2cc(CNCCN3CCN(c4ccccc4F)CC3)nn2C(C)(C)C)cc1. The zero-order valence-electron chi connectivity index (χ0n) is 20.3. The normalized spacial score (nSPS) is 15.2. The summed E-state index contributed by atoms with van der Waals surface area (Å²) in [5, 5.41) is 8.48. The molecule has 0 bridgehead atoms. The van der Waals surface area contributed by atoms with Gasteiger partial charge in [0.15, 0.2) is 0 Å². The maximum atomic E-state index is 14.0. The van der Waals surface area contributed by atoms with Crippen LogP contribution in [0.3, 0.4) is 0 Å². The van der Waals surface area contributed by atoms with Crippen molar-refractivity contribution in [1.29, 1.82) is 0 Å². The van der Waals surface area contributed by atoms with Crippen molar-refractivity contribution in [2.45, 2.75) is 39.8 Å². The Labute approximate surface area is 197 Å². The molecule has 0 atom stereocenters. The summed E-state index contributed by atoms with van der Waals surface area (Å²) in [6.45, 7) is 14.9. The van der Waals surface area contributed by atoms with E-state index < -0.39 is 0 Å². The van der Waals surface area contributed by atoms with Crippen molar-refractivity contribution < 1.29 is 4.39 Å². The zero-order chi connectivity index (χ0) is 23.4. The monoisotopic (exact) mass is 449 g/mol. The quantitative estimate of drug-likeness (QED) is 0.532. The smallest absolute Gasteiger partial charge is 0.146 e. The maximum Gasteiger partial charge on any atom is 0.146 e. The first-order chi connectivity index (χ1) is 15.8. The molecule has 0 unspecified atom stereocenters. The highest BCUT2D eigenvalue weighted by Gasteiger charge is 2.21. The van der Waals surface area contributed by atoms with Gasteiger partial charge in [0.25, 0.3) is 0 Å². The van der Waals surface area contributed by atoms with Crippen molar-refractivity contribution in [3.63, 3.8) is 0 Å². The number of aromatic nitrogens is 2. The summed E-state index contributed by atoms with van der Waals surface area (Å²) in [5.74, 6) is -0.132. The first-order valence-electron chi connectivity index (χ1n) is 11.9. The molecule has 6 heteroatoms. The minimum atomic E-state index is -0.132. The third kappa shape index (κ3) is 5.81. The van der Waals surface area contributed by atoms with E-state index in [4.69, 9.17) is 5.10 Å². The second-order valence-corrected chi connectivity index (χ2v) is 9.93. The van der Waals surface area contributed by atoms with Crippen LogP contribution in [0, 0.1) is 12.7 Å². The standard InChI is InChI=1S/C27H36FN5/c1-21-9-11-22(12-10-21)26-19-23(30-33(26)27(2,3)4)20-29-13-14-31-15-17-32(18-16-31)25-8-6-5-7-24(25)28/h5-12,19,29H,13-18,20H2,1-4H3. The molecule has 5 nitrogen and oxygen atoms in total. The van der Waals surface area contributed by atoms with Gasteiger partial charge in [-0.3, -0.25) is 9.58 Å². The van der Waals surface area contributed by atoms with Gasteiger partial charge in [0.1, 0.15) is 5.82 Å². The molecule has 0 amide bonds. The first kappa shape index (κ1) is 23.5. The van der Waals surface area contributed by atoms with Crippen molar-refractivity contribution in [3.8, 4) is 11.3 Å². The Morgan fingerprint density at radius 3 is 2.33 bits per heavy atom. The van der Waals surface area contributed by atoms with E-state index in [0.717, 1.165) is 57.2 Å². The second kappa shape index (κ2) is 10.1. The number of hydrogen-bond acceptors (Lipinski definition) is 4. The lowest BCUT2D eigenvalue weighted by atomic mass is 10.1. The molecule has 0 saturated carbocycles. The Bertz CT molecular complexity index is 1040. The van der Waals surface area contributed by atoms with E-state index in [1.807, 2.05) is 12.1 Å². The van der Waals surface area contributed by atoms with Crippen LogP contribution in [0.25, 0.3) is 11.3 Å². The third-order valence-corrected chi connectivity index (χ3v) is 6.22. The summed E-state index contributed by atoms with van der Waals surface area (Å²) in [7, 11) is 0. The van der Waals surface area contributed by atoms with Crippen LogP contribution in [0.5, 0.6) is 0 Å². The van der Waals surface area contributed by atoms with Crippen molar-refractivity contribution in [3.05, 3.63) is 71.7 Å². The summed E-state index contributed by atoms with van der Waals surface area (Å²) in [6, 6.07) is 17.9. The summed E-state index contributed by atoms with van der Waals surface area (Å²) >= 11 is 0. The van der Waals surface area contributed by atoms with Gasteiger partial charge in [-0.15, -0.1) is 0 Å². The predicted molar refractivity (Wildman–Crippen MR) is 134 cm³/mol. The minimum Gasteiger partial charge on any atom is -0.367 e. The van der Waals surface area contributed by atoms with Gasteiger partial charge in [0, 0.05) is 45.8 Å². The number of nitrogens with one attached hydrogen (secondary N) is 1.